The summed E-state index contributed by atoms with van der Waals surface area (Å²) in [6.45, 7) is 2.05. The summed E-state index contributed by atoms with van der Waals surface area (Å²) < 4.78 is 46.9. The van der Waals surface area contributed by atoms with E-state index in [9.17, 15) is 18.0 Å². The van der Waals surface area contributed by atoms with E-state index in [0.717, 1.165) is 5.56 Å². The van der Waals surface area contributed by atoms with Crippen molar-refractivity contribution in [3.05, 3.63) is 71.7 Å². The molecule has 0 aliphatic heterocycles. The van der Waals surface area contributed by atoms with Crippen LogP contribution in [0.3, 0.4) is 0 Å². The number of rotatable bonds is 6. The van der Waals surface area contributed by atoms with Crippen LogP contribution in [0.1, 0.15) is 34.8 Å². The molecule has 0 spiro atoms. The molecule has 5 nitrogen and oxygen atoms in total. The van der Waals surface area contributed by atoms with Crippen molar-refractivity contribution in [3.63, 3.8) is 0 Å². The lowest BCUT2D eigenvalue weighted by Gasteiger charge is -2.14. The summed E-state index contributed by atoms with van der Waals surface area (Å²) in [6, 6.07) is 13.5. The van der Waals surface area contributed by atoms with Crippen molar-refractivity contribution in [2.45, 2.75) is 26.1 Å². The number of ether oxygens (including phenoxy) is 1. The molecule has 0 aliphatic rings. The van der Waals surface area contributed by atoms with Gasteiger partial charge in [0.25, 0.3) is 5.91 Å². The maximum absolute atomic E-state index is 12.6. The maximum atomic E-state index is 12.6. The number of hydrogen-bond donors (Lipinski definition) is 1. The Hall–Kier alpha value is -3.29. The average molecular weight is 404 g/mol. The van der Waals surface area contributed by atoms with Gasteiger partial charge in [0.1, 0.15) is 17.3 Å². The van der Waals surface area contributed by atoms with Gasteiger partial charge in [-0.1, -0.05) is 30.3 Å². The number of nitrogens with one attached hydrogen (secondary N) is 1. The van der Waals surface area contributed by atoms with Crippen LogP contribution in [0.2, 0.25) is 0 Å². The van der Waals surface area contributed by atoms with Gasteiger partial charge in [-0.2, -0.15) is 13.2 Å². The third kappa shape index (κ3) is 5.37. The van der Waals surface area contributed by atoms with Crippen LogP contribution in [0.5, 0.6) is 5.75 Å². The lowest BCUT2D eigenvalue weighted by Crippen LogP contribution is -2.27. The molecule has 8 heteroatoms. The number of pyridine rings is 1. The molecule has 29 heavy (non-hydrogen) atoms. The van der Waals surface area contributed by atoms with Crippen LogP contribution in [-0.4, -0.2) is 23.7 Å². The molecule has 0 saturated carbocycles. The Morgan fingerprint density at radius 1 is 1.21 bits per heavy atom. The van der Waals surface area contributed by atoms with Gasteiger partial charge < -0.3 is 14.5 Å². The zero-order chi connectivity index (χ0) is 21.0. The topological polar surface area (TPSA) is 64.4 Å². The molecule has 0 fully saturated rings. The van der Waals surface area contributed by atoms with E-state index >= 15 is 0 Å². The number of amides is 1. The zero-order valence-electron chi connectivity index (χ0n) is 15.8. The van der Waals surface area contributed by atoms with Crippen LogP contribution in [0.4, 0.5) is 13.2 Å². The van der Waals surface area contributed by atoms with E-state index < -0.39 is 18.8 Å². The van der Waals surface area contributed by atoms with Gasteiger partial charge in [0.2, 0.25) is 0 Å². The van der Waals surface area contributed by atoms with Crippen molar-refractivity contribution in [2.24, 2.45) is 0 Å². The minimum atomic E-state index is -4.42. The maximum Gasteiger partial charge on any atom is 0.422 e. The number of alkyl halides is 3. The molecule has 0 saturated heterocycles. The van der Waals surface area contributed by atoms with Crippen molar-refractivity contribution in [1.29, 1.82) is 0 Å². The zero-order valence-corrected chi connectivity index (χ0v) is 15.8. The summed E-state index contributed by atoms with van der Waals surface area (Å²) >= 11 is 0. The summed E-state index contributed by atoms with van der Waals surface area (Å²) in [5.74, 6) is 0.741. The number of carbonyl (C=O) groups is 1. The molecule has 2 heterocycles. The summed E-state index contributed by atoms with van der Waals surface area (Å²) in [5, 5.41) is 2.81. The van der Waals surface area contributed by atoms with E-state index in [1.165, 1.54) is 18.3 Å². The first-order chi connectivity index (χ1) is 13.7. The summed E-state index contributed by atoms with van der Waals surface area (Å²) in [5.41, 5.74) is 1.75. The highest BCUT2D eigenvalue weighted by molar-refractivity contribution is 5.96. The number of nitrogens with zero attached hydrogens (tertiary/aromatic N) is 1. The number of hydrogen-bond acceptors (Lipinski definition) is 4. The SMILES string of the molecule is Cc1oc(-c2ccccc2)cc1C(=O)N[C@H](C)c1ccc(OCC(F)(F)F)cn1. The molecule has 1 amide bonds. The Kier molecular flexibility index (Phi) is 5.91. The Labute approximate surface area is 165 Å². The van der Waals surface area contributed by atoms with E-state index in [-0.39, 0.29) is 11.7 Å². The molecule has 1 N–H and O–H groups in total. The van der Waals surface area contributed by atoms with Crippen molar-refractivity contribution in [2.75, 3.05) is 6.61 Å². The highest BCUT2D eigenvalue weighted by Crippen LogP contribution is 2.26. The first-order valence-corrected chi connectivity index (χ1v) is 8.85. The van der Waals surface area contributed by atoms with Crippen molar-refractivity contribution in [3.8, 4) is 17.1 Å². The number of aromatic nitrogens is 1. The van der Waals surface area contributed by atoms with E-state index in [2.05, 4.69) is 15.0 Å². The highest BCUT2D eigenvalue weighted by Gasteiger charge is 2.28. The molecule has 0 unspecified atom stereocenters. The minimum absolute atomic E-state index is 0.00258. The van der Waals surface area contributed by atoms with E-state index in [0.29, 0.717) is 22.8 Å². The predicted octanol–water partition coefficient (Wildman–Crippen LogP) is 5.08. The van der Waals surface area contributed by atoms with Gasteiger partial charge in [-0.3, -0.25) is 9.78 Å². The molecular formula is C21H19F3N2O3. The molecule has 0 bridgehead atoms. The van der Waals surface area contributed by atoms with Crippen molar-refractivity contribution < 1.29 is 27.1 Å². The van der Waals surface area contributed by atoms with E-state index in [4.69, 9.17) is 4.42 Å². The fraction of sp³-hybridized carbons (Fsp3) is 0.238. The number of benzene rings is 1. The van der Waals surface area contributed by atoms with Gasteiger partial charge in [0.15, 0.2) is 6.61 Å². The lowest BCUT2D eigenvalue weighted by molar-refractivity contribution is -0.153. The van der Waals surface area contributed by atoms with Crippen LogP contribution in [0.15, 0.2) is 59.1 Å². The van der Waals surface area contributed by atoms with Gasteiger partial charge in [0.05, 0.1) is 23.5 Å². The Balaban J connectivity index is 1.65. The van der Waals surface area contributed by atoms with Gasteiger partial charge >= 0.3 is 6.18 Å². The molecule has 2 aromatic heterocycles. The molecule has 1 aromatic carbocycles. The standard InChI is InChI=1S/C21H19F3N2O3/c1-13(18-9-8-16(11-25-18)28-12-21(22,23)24)26-20(27)17-10-19(29-14(17)2)15-6-4-3-5-7-15/h3-11,13H,12H2,1-2H3,(H,26,27)/t13-/m1/s1. The number of carbonyl (C=O) groups excluding carboxylic acids is 1. The smallest absolute Gasteiger partial charge is 0.422 e. The molecule has 152 valence electrons. The number of furan rings is 1. The van der Waals surface area contributed by atoms with Crippen molar-refractivity contribution >= 4 is 5.91 Å². The van der Waals surface area contributed by atoms with Crippen LogP contribution in [0, 0.1) is 6.92 Å². The largest absolute Gasteiger partial charge is 0.483 e. The molecule has 3 aromatic rings. The van der Waals surface area contributed by atoms with Gasteiger partial charge in [-0.25, -0.2) is 0 Å². The Morgan fingerprint density at radius 3 is 2.55 bits per heavy atom. The Morgan fingerprint density at radius 2 is 1.93 bits per heavy atom. The summed E-state index contributed by atoms with van der Waals surface area (Å²) in [7, 11) is 0. The lowest BCUT2D eigenvalue weighted by atomic mass is 10.1. The van der Waals surface area contributed by atoms with Gasteiger partial charge in [-0.05, 0) is 32.0 Å². The normalized spacial score (nSPS) is 12.4. The first-order valence-electron chi connectivity index (χ1n) is 8.85. The minimum Gasteiger partial charge on any atom is -0.483 e. The molecule has 0 radical (unpaired) electrons. The average Bonchev–Trinajstić information content (AvgIpc) is 3.09. The second-order valence-corrected chi connectivity index (χ2v) is 6.46. The second kappa shape index (κ2) is 8.38. The number of aryl methyl sites for hydroxylation is 1. The fourth-order valence-electron chi connectivity index (χ4n) is 2.70. The summed E-state index contributed by atoms with van der Waals surface area (Å²) in [6.07, 6.45) is -3.22. The predicted molar refractivity (Wildman–Crippen MR) is 101 cm³/mol. The quantitative estimate of drug-likeness (QED) is 0.622. The Bertz CT molecular complexity index is 967. The molecule has 1 atom stereocenters. The van der Waals surface area contributed by atoms with Crippen LogP contribution >= 0.6 is 0 Å². The van der Waals surface area contributed by atoms with Crippen LogP contribution < -0.4 is 10.1 Å². The van der Waals surface area contributed by atoms with E-state index in [1.807, 2.05) is 30.3 Å². The van der Waals surface area contributed by atoms with Crippen LogP contribution in [0.25, 0.3) is 11.3 Å². The highest BCUT2D eigenvalue weighted by atomic mass is 19.4. The third-order valence-corrected chi connectivity index (χ3v) is 4.17. The first kappa shape index (κ1) is 20.4. The van der Waals surface area contributed by atoms with Crippen LogP contribution in [-0.2, 0) is 0 Å². The second-order valence-electron chi connectivity index (χ2n) is 6.46. The van der Waals surface area contributed by atoms with E-state index in [1.54, 1.807) is 19.9 Å². The number of halogens is 3. The monoisotopic (exact) mass is 404 g/mol. The van der Waals surface area contributed by atoms with Crippen molar-refractivity contribution in [1.82, 2.24) is 10.3 Å². The third-order valence-electron chi connectivity index (χ3n) is 4.17. The summed E-state index contributed by atoms with van der Waals surface area (Å²) in [4.78, 5) is 16.7. The molecule has 0 aliphatic carbocycles. The molecular weight excluding hydrogens is 385 g/mol. The molecule has 3 rings (SSSR count). The fourth-order valence-corrected chi connectivity index (χ4v) is 2.70. The van der Waals surface area contributed by atoms with Gasteiger partial charge in [0, 0.05) is 5.56 Å². The van der Waals surface area contributed by atoms with Gasteiger partial charge in [-0.15, -0.1) is 0 Å².